The maximum absolute atomic E-state index is 13.0. The van der Waals surface area contributed by atoms with Gasteiger partial charge in [-0.2, -0.15) is 0 Å². The van der Waals surface area contributed by atoms with Gasteiger partial charge in [-0.15, -0.1) is 0 Å². The molecule has 0 bridgehead atoms. The molecule has 4 rings (SSSR count). The van der Waals surface area contributed by atoms with Gasteiger partial charge in [0.05, 0.1) is 10.6 Å². The maximum atomic E-state index is 13.0. The predicted octanol–water partition coefficient (Wildman–Crippen LogP) is 6.38. The van der Waals surface area contributed by atoms with Crippen molar-refractivity contribution in [2.24, 2.45) is 0 Å². The molecule has 172 valence electrons. The second kappa shape index (κ2) is 10.4. The molecule has 3 aromatic carbocycles. The van der Waals surface area contributed by atoms with E-state index in [0.717, 1.165) is 22.4 Å². The van der Waals surface area contributed by atoms with Gasteiger partial charge >= 0.3 is 0 Å². The van der Waals surface area contributed by atoms with E-state index in [4.69, 9.17) is 28.6 Å². The summed E-state index contributed by atoms with van der Waals surface area (Å²) in [5.41, 5.74) is 4.33. The van der Waals surface area contributed by atoms with Crippen LogP contribution in [0.3, 0.4) is 0 Å². The van der Waals surface area contributed by atoms with E-state index in [1.165, 1.54) is 16.7 Å². The lowest BCUT2D eigenvalue weighted by Crippen LogP contribution is -2.27. The number of carbonyl (C=O) groups excluding carboxylic acids is 2. The summed E-state index contributed by atoms with van der Waals surface area (Å²) in [5.74, 6) is 0.0810. The Labute approximate surface area is 212 Å². The summed E-state index contributed by atoms with van der Waals surface area (Å²) in [6.07, 6.45) is 1.76. The summed E-state index contributed by atoms with van der Waals surface area (Å²) in [5, 5.41) is 3.46. The molecule has 8 heteroatoms. The standard InChI is InChI=1S/C26H21ClN2O3S2/c1-16-5-3-8-22(17(16)2)28-24(30)15-32-21-7-4-6-18(13-21)14-23-25(31)29(26(33)34-23)20-11-9-19(27)10-12-20/h3-14H,15H2,1-2H3,(H,28,30)/b23-14-. The molecule has 0 saturated carbocycles. The monoisotopic (exact) mass is 508 g/mol. The number of hydrogen-bond donors (Lipinski definition) is 1. The number of halogens is 1. The molecule has 2 amide bonds. The van der Waals surface area contributed by atoms with Gasteiger partial charge in [0.25, 0.3) is 11.8 Å². The molecule has 1 aliphatic rings. The summed E-state index contributed by atoms with van der Waals surface area (Å²) >= 11 is 12.6. The fourth-order valence-electron chi connectivity index (χ4n) is 3.35. The van der Waals surface area contributed by atoms with Crippen molar-refractivity contribution in [3.05, 3.63) is 93.3 Å². The highest BCUT2D eigenvalue weighted by molar-refractivity contribution is 8.27. The minimum absolute atomic E-state index is 0.129. The van der Waals surface area contributed by atoms with Gasteiger partial charge in [0.1, 0.15) is 5.75 Å². The lowest BCUT2D eigenvalue weighted by molar-refractivity contribution is -0.118. The van der Waals surface area contributed by atoms with Gasteiger partial charge in [-0.3, -0.25) is 14.5 Å². The number of nitrogens with one attached hydrogen (secondary N) is 1. The average Bonchev–Trinajstić information content (AvgIpc) is 3.09. The number of nitrogens with zero attached hydrogens (tertiary/aromatic N) is 1. The van der Waals surface area contributed by atoms with Gasteiger partial charge in [-0.1, -0.05) is 59.8 Å². The number of rotatable bonds is 6. The first-order valence-electron chi connectivity index (χ1n) is 10.4. The highest BCUT2D eigenvalue weighted by atomic mass is 35.5. The molecule has 0 unspecified atom stereocenters. The Balaban J connectivity index is 1.42. The van der Waals surface area contributed by atoms with Crippen LogP contribution in [0.4, 0.5) is 11.4 Å². The SMILES string of the molecule is Cc1cccc(NC(=O)COc2cccc(/C=C3\SC(=S)N(c4ccc(Cl)cc4)C3=O)c2)c1C. The number of thiocarbonyl (C=S) groups is 1. The normalized spacial score (nSPS) is 14.6. The first-order chi connectivity index (χ1) is 16.3. The van der Waals surface area contributed by atoms with E-state index >= 15 is 0 Å². The number of anilines is 2. The summed E-state index contributed by atoms with van der Waals surface area (Å²) in [7, 11) is 0. The molecule has 0 aliphatic carbocycles. The van der Waals surface area contributed by atoms with Crippen molar-refractivity contribution < 1.29 is 14.3 Å². The number of carbonyl (C=O) groups is 2. The van der Waals surface area contributed by atoms with Crippen molar-refractivity contribution in [3.63, 3.8) is 0 Å². The number of aryl methyl sites for hydroxylation is 1. The molecule has 0 radical (unpaired) electrons. The van der Waals surface area contributed by atoms with Gasteiger partial charge in [-0.05, 0) is 79.1 Å². The molecule has 5 nitrogen and oxygen atoms in total. The molecule has 1 N–H and O–H groups in total. The Morgan fingerprint density at radius 2 is 1.85 bits per heavy atom. The lowest BCUT2D eigenvalue weighted by Gasteiger charge is -2.14. The summed E-state index contributed by atoms with van der Waals surface area (Å²) < 4.78 is 6.14. The van der Waals surface area contributed by atoms with Crippen molar-refractivity contribution in [3.8, 4) is 5.75 Å². The van der Waals surface area contributed by atoms with Crippen molar-refractivity contribution in [1.29, 1.82) is 0 Å². The predicted molar refractivity (Wildman–Crippen MR) is 144 cm³/mol. The third kappa shape index (κ3) is 5.50. The van der Waals surface area contributed by atoms with E-state index in [2.05, 4.69) is 5.32 Å². The van der Waals surface area contributed by atoms with Gasteiger partial charge < -0.3 is 10.1 Å². The van der Waals surface area contributed by atoms with Gasteiger partial charge in [-0.25, -0.2) is 0 Å². The van der Waals surface area contributed by atoms with E-state index in [-0.39, 0.29) is 18.4 Å². The Morgan fingerprint density at radius 1 is 1.12 bits per heavy atom. The Bertz CT molecular complexity index is 1310. The molecule has 0 spiro atoms. The van der Waals surface area contributed by atoms with Crippen molar-refractivity contribution in [2.45, 2.75) is 13.8 Å². The first-order valence-corrected chi connectivity index (χ1v) is 12.0. The highest BCUT2D eigenvalue weighted by Crippen LogP contribution is 2.36. The highest BCUT2D eigenvalue weighted by Gasteiger charge is 2.33. The van der Waals surface area contributed by atoms with E-state index < -0.39 is 0 Å². The van der Waals surface area contributed by atoms with Crippen LogP contribution in [0.15, 0.2) is 71.6 Å². The smallest absolute Gasteiger partial charge is 0.270 e. The number of hydrogen-bond acceptors (Lipinski definition) is 5. The van der Waals surface area contributed by atoms with Crippen LogP contribution in [0.5, 0.6) is 5.75 Å². The van der Waals surface area contributed by atoms with Gasteiger partial charge in [0, 0.05) is 10.7 Å². The lowest BCUT2D eigenvalue weighted by atomic mass is 10.1. The van der Waals surface area contributed by atoms with Gasteiger partial charge in [0.15, 0.2) is 10.9 Å². The largest absolute Gasteiger partial charge is 0.484 e. The summed E-state index contributed by atoms with van der Waals surface area (Å²) in [6.45, 7) is 3.83. The molecule has 1 fully saturated rings. The van der Waals surface area contributed by atoms with Crippen LogP contribution in [0, 0.1) is 13.8 Å². The van der Waals surface area contributed by atoms with Crippen LogP contribution in [-0.4, -0.2) is 22.7 Å². The minimum Gasteiger partial charge on any atom is -0.484 e. The Morgan fingerprint density at radius 3 is 2.62 bits per heavy atom. The Hall–Kier alpha value is -3.13. The zero-order chi connectivity index (χ0) is 24.2. The number of benzene rings is 3. The van der Waals surface area contributed by atoms with E-state index in [9.17, 15) is 9.59 Å². The van der Waals surface area contributed by atoms with Crippen molar-refractivity contribution >= 4 is 69.2 Å². The molecule has 34 heavy (non-hydrogen) atoms. The number of thioether (sulfide) groups is 1. The fraction of sp³-hybridized carbons (Fsp3) is 0.115. The molecular formula is C26H21ClN2O3S2. The molecule has 0 aromatic heterocycles. The van der Waals surface area contributed by atoms with Crippen LogP contribution in [0.1, 0.15) is 16.7 Å². The van der Waals surface area contributed by atoms with Crippen LogP contribution >= 0.6 is 35.6 Å². The van der Waals surface area contributed by atoms with E-state index in [0.29, 0.717) is 25.7 Å². The van der Waals surface area contributed by atoms with E-state index in [1.54, 1.807) is 42.5 Å². The van der Waals surface area contributed by atoms with Crippen LogP contribution in [-0.2, 0) is 9.59 Å². The third-order valence-electron chi connectivity index (χ3n) is 5.28. The molecule has 1 aliphatic heterocycles. The van der Waals surface area contributed by atoms with Crippen LogP contribution in [0.2, 0.25) is 5.02 Å². The van der Waals surface area contributed by atoms with Crippen molar-refractivity contribution in [1.82, 2.24) is 0 Å². The van der Waals surface area contributed by atoms with Crippen LogP contribution < -0.4 is 15.0 Å². The molecule has 3 aromatic rings. The van der Waals surface area contributed by atoms with Crippen LogP contribution in [0.25, 0.3) is 6.08 Å². The zero-order valence-electron chi connectivity index (χ0n) is 18.5. The summed E-state index contributed by atoms with van der Waals surface area (Å²) in [6, 6.07) is 19.9. The minimum atomic E-state index is -0.247. The third-order valence-corrected chi connectivity index (χ3v) is 6.84. The van der Waals surface area contributed by atoms with Crippen molar-refractivity contribution in [2.75, 3.05) is 16.8 Å². The number of amides is 2. The number of ether oxygens (including phenoxy) is 1. The second-order valence-electron chi connectivity index (χ2n) is 7.65. The molecule has 1 heterocycles. The molecule has 1 saturated heterocycles. The maximum Gasteiger partial charge on any atom is 0.270 e. The molecule has 0 atom stereocenters. The second-order valence-corrected chi connectivity index (χ2v) is 9.76. The zero-order valence-corrected chi connectivity index (χ0v) is 20.9. The quantitative estimate of drug-likeness (QED) is 0.309. The van der Waals surface area contributed by atoms with Gasteiger partial charge in [0.2, 0.25) is 0 Å². The fourth-order valence-corrected chi connectivity index (χ4v) is 4.77. The van der Waals surface area contributed by atoms with E-state index in [1.807, 2.05) is 44.2 Å². The Kier molecular flexibility index (Phi) is 7.36. The molecular weight excluding hydrogens is 488 g/mol. The first kappa shape index (κ1) is 24.0. The topological polar surface area (TPSA) is 58.6 Å². The summed E-state index contributed by atoms with van der Waals surface area (Å²) in [4.78, 5) is 27.3. The average molecular weight is 509 g/mol.